The molecule has 2 amide bonds. The molecule has 0 radical (unpaired) electrons. The van der Waals surface area contributed by atoms with Crippen LogP contribution in [0.5, 0.6) is 0 Å². The molecular weight excluding hydrogens is 472 g/mol. The van der Waals surface area contributed by atoms with Gasteiger partial charge in [-0.05, 0) is 24.0 Å². The zero-order valence-corrected chi connectivity index (χ0v) is 21.7. The minimum Gasteiger partial charge on any atom is -0.454 e. The first kappa shape index (κ1) is 28.2. The molecule has 198 valence electrons. The summed E-state index contributed by atoms with van der Waals surface area (Å²) >= 11 is 0. The summed E-state index contributed by atoms with van der Waals surface area (Å²) in [6.45, 7) is 5.29. The summed E-state index contributed by atoms with van der Waals surface area (Å²) < 4.78 is 6.24. The van der Waals surface area contributed by atoms with Crippen molar-refractivity contribution >= 4 is 24.1 Å². The van der Waals surface area contributed by atoms with Gasteiger partial charge in [-0.2, -0.15) is 5.06 Å². The first-order valence-electron chi connectivity index (χ1n) is 12.7. The zero-order chi connectivity index (χ0) is 27.1. The van der Waals surface area contributed by atoms with Gasteiger partial charge >= 0.3 is 5.97 Å². The number of carbonyl (C=O) groups is 4. The summed E-state index contributed by atoms with van der Waals surface area (Å²) in [5.41, 5.74) is 5.74. The molecule has 2 aromatic carbocycles. The molecule has 8 nitrogen and oxygen atoms in total. The number of unbranched alkanes of at least 4 members (excludes halogenated alkanes) is 1. The number of esters is 1. The predicted molar refractivity (Wildman–Crippen MR) is 138 cm³/mol. The van der Waals surface area contributed by atoms with Gasteiger partial charge < -0.3 is 15.3 Å². The van der Waals surface area contributed by atoms with Crippen LogP contribution in [0.25, 0.3) is 0 Å². The Kier molecular flexibility index (Phi) is 9.34. The largest absolute Gasteiger partial charge is 0.454 e. The van der Waals surface area contributed by atoms with Crippen molar-refractivity contribution in [3.63, 3.8) is 0 Å². The molecule has 0 aromatic heterocycles. The SMILES string of the molecule is CCC(=O)OC(Cc1ccccc1)(c1ccccc1)C(C)CC1(N)C(=O)N(OCCCC=O)C(=O)C1C. The van der Waals surface area contributed by atoms with Crippen LogP contribution in [0.3, 0.4) is 0 Å². The lowest BCUT2D eigenvalue weighted by atomic mass is 9.70. The molecule has 0 aliphatic carbocycles. The second-order valence-corrected chi connectivity index (χ2v) is 9.69. The summed E-state index contributed by atoms with van der Waals surface area (Å²) in [5, 5.41) is 0.738. The highest BCUT2D eigenvalue weighted by atomic mass is 16.7. The number of rotatable bonds is 13. The van der Waals surface area contributed by atoms with E-state index in [-0.39, 0.29) is 31.8 Å². The lowest BCUT2D eigenvalue weighted by Crippen LogP contribution is -2.55. The van der Waals surface area contributed by atoms with E-state index in [0.717, 1.165) is 22.5 Å². The number of nitrogens with two attached hydrogens (primary N) is 1. The highest BCUT2D eigenvalue weighted by molar-refractivity contribution is 6.08. The first-order valence-corrected chi connectivity index (χ1v) is 12.7. The van der Waals surface area contributed by atoms with E-state index in [2.05, 4.69) is 0 Å². The van der Waals surface area contributed by atoms with Crippen molar-refractivity contribution in [2.45, 2.75) is 64.0 Å². The number of hydroxylamine groups is 2. The van der Waals surface area contributed by atoms with Gasteiger partial charge in [0.1, 0.15) is 17.4 Å². The number of nitrogens with zero attached hydrogens (tertiary/aromatic N) is 1. The van der Waals surface area contributed by atoms with Crippen LogP contribution in [-0.2, 0) is 40.8 Å². The van der Waals surface area contributed by atoms with Gasteiger partial charge in [-0.15, -0.1) is 0 Å². The van der Waals surface area contributed by atoms with Crippen LogP contribution in [0.1, 0.15) is 57.6 Å². The monoisotopic (exact) mass is 508 g/mol. The third kappa shape index (κ3) is 5.97. The summed E-state index contributed by atoms with van der Waals surface area (Å²) in [4.78, 5) is 55.2. The van der Waals surface area contributed by atoms with Gasteiger partial charge in [-0.25, -0.2) is 0 Å². The number of ether oxygens (including phenoxy) is 1. The highest BCUT2D eigenvalue weighted by Gasteiger charge is 2.58. The molecule has 3 rings (SSSR count). The topological polar surface area (TPSA) is 116 Å². The summed E-state index contributed by atoms with van der Waals surface area (Å²) in [6, 6.07) is 19.1. The molecule has 1 aliphatic heterocycles. The van der Waals surface area contributed by atoms with E-state index in [1.807, 2.05) is 67.6 Å². The van der Waals surface area contributed by atoms with Gasteiger partial charge in [-0.3, -0.25) is 19.2 Å². The van der Waals surface area contributed by atoms with Crippen LogP contribution < -0.4 is 5.73 Å². The van der Waals surface area contributed by atoms with Crippen molar-refractivity contribution in [1.29, 1.82) is 0 Å². The molecule has 4 unspecified atom stereocenters. The maximum atomic E-state index is 13.4. The second-order valence-electron chi connectivity index (χ2n) is 9.69. The normalized spacial score (nSPS) is 21.9. The van der Waals surface area contributed by atoms with Crippen molar-refractivity contribution in [2.24, 2.45) is 17.6 Å². The van der Waals surface area contributed by atoms with E-state index in [0.29, 0.717) is 12.8 Å². The fourth-order valence-corrected chi connectivity index (χ4v) is 4.90. The summed E-state index contributed by atoms with van der Waals surface area (Å²) in [6.07, 6.45) is 2.01. The van der Waals surface area contributed by atoms with Gasteiger partial charge in [0, 0.05) is 25.2 Å². The Balaban J connectivity index is 2.00. The third-order valence-electron chi connectivity index (χ3n) is 7.21. The number of imide groups is 1. The van der Waals surface area contributed by atoms with E-state index < -0.39 is 34.8 Å². The lowest BCUT2D eigenvalue weighted by Gasteiger charge is -2.42. The number of benzene rings is 2. The van der Waals surface area contributed by atoms with Crippen LogP contribution >= 0.6 is 0 Å². The molecule has 1 heterocycles. The second kappa shape index (κ2) is 12.3. The molecule has 4 atom stereocenters. The van der Waals surface area contributed by atoms with E-state index in [4.69, 9.17) is 15.3 Å². The Morgan fingerprint density at radius 1 is 1.14 bits per heavy atom. The number of hydrogen-bond donors (Lipinski definition) is 1. The highest BCUT2D eigenvalue weighted by Crippen LogP contribution is 2.44. The Morgan fingerprint density at radius 2 is 1.76 bits per heavy atom. The number of amides is 2. The molecule has 2 aromatic rings. The summed E-state index contributed by atoms with van der Waals surface area (Å²) in [7, 11) is 0. The molecule has 2 N–H and O–H groups in total. The number of aldehydes is 1. The van der Waals surface area contributed by atoms with Gasteiger partial charge in [0.05, 0.1) is 12.5 Å². The predicted octanol–water partition coefficient (Wildman–Crippen LogP) is 3.72. The maximum absolute atomic E-state index is 13.4. The van der Waals surface area contributed by atoms with Crippen molar-refractivity contribution in [1.82, 2.24) is 5.06 Å². The van der Waals surface area contributed by atoms with E-state index in [1.165, 1.54) is 0 Å². The Bertz CT molecular complexity index is 1090. The van der Waals surface area contributed by atoms with Crippen LogP contribution in [0, 0.1) is 11.8 Å². The quantitative estimate of drug-likeness (QED) is 0.190. The smallest absolute Gasteiger partial charge is 0.306 e. The summed E-state index contributed by atoms with van der Waals surface area (Å²) in [5.74, 6) is -2.83. The van der Waals surface area contributed by atoms with Gasteiger partial charge in [0.15, 0.2) is 0 Å². The van der Waals surface area contributed by atoms with Crippen molar-refractivity contribution in [3.8, 4) is 0 Å². The van der Waals surface area contributed by atoms with Crippen LogP contribution in [0.4, 0.5) is 0 Å². The lowest BCUT2D eigenvalue weighted by molar-refractivity contribution is -0.190. The standard InChI is InChI=1S/C29H36N2O6/c1-4-25(33)37-29(24-15-9-6-10-16-24,20-23-13-7-5-8-14-23)21(2)19-28(30)22(3)26(34)31(27(28)35)36-18-12-11-17-32/h5-10,13-17,21-22H,4,11-12,18-20,30H2,1-3H3. The minimum atomic E-state index is -1.56. The third-order valence-corrected chi connectivity index (χ3v) is 7.21. The van der Waals surface area contributed by atoms with Crippen LogP contribution in [-0.4, -0.2) is 41.3 Å². The van der Waals surface area contributed by atoms with Crippen molar-refractivity contribution in [2.75, 3.05) is 6.61 Å². The van der Waals surface area contributed by atoms with E-state index >= 15 is 0 Å². The van der Waals surface area contributed by atoms with Gasteiger partial charge in [0.25, 0.3) is 11.8 Å². The molecule has 0 saturated carbocycles. The Labute approximate surface area is 218 Å². The van der Waals surface area contributed by atoms with Crippen LogP contribution in [0.15, 0.2) is 60.7 Å². The average molecular weight is 509 g/mol. The molecule has 1 aliphatic rings. The van der Waals surface area contributed by atoms with Gasteiger partial charge in [0.2, 0.25) is 0 Å². The Hall–Kier alpha value is -3.36. The minimum absolute atomic E-state index is 0.0463. The van der Waals surface area contributed by atoms with Crippen molar-refractivity contribution in [3.05, 3.63) is 71.8 Å². The van der Waals surface area contributed by atoms with Crippen molar-refractivity contribution < 1.29 is 28.8 Å². The van der Waals surface area contributed by atoms with E-state index in [9.17, 15) is 19.2 Å². The molecule has 0 bridgehead atoms. The molecule has 8 heteroatoms. The molecular formula is C29H36N2O6. The molecule has 0 spiro atoms. The number of hydrogen-bond acceptors (Lipinski definition) is 7. The van der Waals surface area contributed by atoms with E-state index in [1.54, 1.807) is 13.8 Å². The van der Waals surface area contributed by atoms with Gasteiger partial charge in [-0.1, -0.05) is 81.4 Å². The maximum Gasteiger partial charge on any atom is 0.306 e. The average Bonchev–Trinajstić information content (AvgIpc) is 3.06. The fourth-order valence-electron chi connectivity index (χ4n) is 4.90. The molecule has 1 saturated heterocycles. The Morgan fingerprint density at radius 3 is 2.35 bits per heavy atom. The molecule has 37 heavy (non-hydrogen) atoms. The zero-order valence-electron chi connectivity index (χ0n) is 21.7. The first-order chi connectivity index (χ1) is 17.7. The number of carbonyl (C=O) groups excluding carboxylic acids is 4. The fraction of sp³-hybridized carbons (Fsp3) is 0.448. The molecule has 1 fully saturated rings. The van der Waals surface area contributed by atoms with Crippen LogP contribution in [0.2, 0.25) is 0 Å².